The molecule has 0 atom stereocenters. The molecule has 0 heterocycles. The molecule has 2 aromatic carbocycles. The summed E-state index contributed by atoms with van der Waals surface area (Å²) in [5.74, 6) is -0.837. The van der Waals surface area contributed by atoms with Gasteiger partial charge >= 0.3 is 5.97 Å². The van der Waals surface area contributed by atoms with Crippen LogP contribution in [0.15, 0.2) is 42.5 Å². The Morgan fingerprint density at radius 3 is 2.42 bits per heavy atom. The SMILES string of the molecule is COc1ccc(C(=O)/C=C/c2ccc(O)c(C(=O)O)c2)cc1OC(C)C. The summed E-state index contributed by atoms with van der Waals surface area (Å²) in [6.45, 7) is 3.75. The minimum atomic E-state index is -1.24. The Labute approximate surface area is 151 Å². The van der Waals surface area contributed by atoms with Gasteiger partial charge in [0.15, 0.2) is 17.3 Å². The zero-order chi connectivity index (χ0) is 19.3. The Bertz CT molecular complexity index is 851. The molecule has 2 rings (SSSR count). The van der Waals surface area contributed by atoms with E-state index in [-0.39, 0.29) is 23.2 Å². The number of allylic oxidation sites excluding steroid dienone is 1. The molecule has 0 spiro atoms. The van der Waals surface area contributed by atoms with Crippen LogP contribution in [0.3, 0.4) is 0 Å². The molecule has 0 unspecified atom stereocenters. The second kappa shape index (κ2) is 8.20. The third-order valence-electron chi connectivity index (χ3n) is 3.49. The van der Waals surface area contributed by atoms with Gasteiger partial charge in [-0.15, -0.1) is 0 Å². The fraction of sp³-hybridized carbons (Fsp3) is 0.200. The van der Waals surface area contributed by atoms with Gasteiger partial charge in [0.2, 0.25) is 0 Å². The molecule has 2 aromatic rings. The largest absolute Gasteiger partial charge is 0.507 e. The second-order valence-corrected chi connectivity index (χ2v) is 5.81. The van der Waals surface area contributed by atoms with E-state index in [1.807, 2.05) is 13.8 Å². The first-order valence-corrected chi connectivity index (χ1v) is 7.95. The van der Waals surface area contributed by atoms with E-state index in [0.29, 0.717) is 22.6 Å². The van der Waals surface area contributed by atoms with Gasteiger partial charge in [0, 0.05) is 5.56 Å². The Morgan fingerprint density at radius 1 is 1.08 bits per heavy atom. The highest BCUT2D eigenvalue weighted by atomic mass is 16.5. The molecular formula is C20H20O6. The first kappa shape index (κ1) is 19.1. The normalized spacial score (nSPS) is 10.9. The number of ketones is 1. The molecule has 0 amide bonds. The lowest BCUT2D eigenvalue weighted by molar-refractivity contribution is 0.0693. The lowest BCUT2D eigenvalue weighted by Crippen LogP contribution is -2.07. The lowest BCUT2D eigenvalue weighted by Gasteiger charge is -2.14. The molecule has 136 valence electrons. The standard InChI is InChI=1S/C20H20O6/c1-12(2)26-19-11-14(6-9-18(19)25-3)16(21)7-4-13-5-8-17(22)15(10-13)20(23)24/h4-12,22H,1-3H3,(H,23,24)/b7-4+. The van der Waals surface area contributed by atoms with Crippen LogP contribution in [0.5, 0.6) is 17.2 Å². The van der Waals surface area contributed by atoms with E-state index in [1.54, 1.807) is 18.2 Å². The third kappa shape index (κ3) is 4.63. The van der Waals surface area contributed by atoms with Gasteiger partial charge in [-0.3, -0.25) is 4.79 Å². The highest BCUT2D eigenvalue weighted by Gasteiger charge is 2.12. The van der Waals surface area contributed by atoms with E-state index in [2.05, 4.69) is 0 Å². The average Bonchev–Trinajstić information content (AvgIpc) is 2.59. The zero-order valence-electron chi connectivity index (χ0n) is 14.7. The van der Waals surface area contributed by atoms with Crippen LogP contribution < -0.4 is 9.47 Å². The van der Waals surface area contributed by atoms with E-state index in [9.17, 15) is 14.7 Å². The monoisotopic (exact) mass is 356 g/mol. The third-order valence-corrected chi connectivity index (χ3v) is 3.49. The number of methoxy groups -OCH3 is 1. The van der Waals surface area contributed by atoms with Crippen LogP contribution in [-0.4, -0.2) is 35.2 Å². The minimum Gasteiger partial charge on any atom is -0.507 e. The number of benzene rings is 2. The maximum atomic E-state index is 12.4. The molecule has 26 heavy (non-hydrogen) atoms. The topological polar surface area (TPSA) is 93.1 Å². The van der Waals surface area contributed by atoms with E-state index < -0.39 is 5.97 Å². The molecule has 6 nitrogen and oxygen atoms in total. The summed E-state index contributed by atoms with van der Waals surface area (Å²) in [6.07, 6.45) is 2.75. The van der Waals surface area contributed by atoms with Gasteiger partial charge in [0.25, 0.3) is 0 Å². The number of hydrogen-bond donors (Lipinski definition) is 2. The maximum absolute atomic E-state index is 12.4. The van der Waals surface area contributed by atoms with Crippen molar-refractivity contribution in [3.8, 4) is 17.2 Å². The van der Waals surface area contributed by atoms with Crippen molar-refractivity contribution in [2.24, 2.45) is 0 Å². The van der Waals surface area contributed by atoms with Crippen molar-refractivity contribution in [2.45, 2.75) is 20.0 Å². The second-order valence-electron chi connectivity index (χ2n) is 5.81. The number of phenols is 1. The number of aromatic hydroxyl groups is 1. The number of carbonyl (C=O) groups excluding carboxylic acids is 1. The van der Waals surface area contributed by atoms with Gasteiger partial charge in [-0.25, -0.2) is 4.79 Å². The number of carbonyl (C=O) groups is 2. The van der Waals surface area contributed by atoms with Crippen molar-refractivity contribution in [3.63, 3.8) is 0 Å². The van der Waals surface area contributed by atoms with Crippen molar-refractivity contribution >= 4 is 17.8 Å². The van der Waals surface area contributed by atoms with E-state index in [4.69, 9.17) is 14.6 Å². The Morgan fingerprint density at radius 2 is 1.81 bits per heavy atom. The van der Waals surface area contributed by atoms with Gasteiger partial charge in [0.1, 0.15) is 11.3 Å². The minimum absolute atomic E-state index is 0.0729. The summed E-state index contributed by atoms with van der Waals surface area (Å²) < 4.78 is 10.9. The predicted octanol–water partition coefficient (Wildman–Crippen LogP) is 3.78. The summed E-state index contributed by atoms with van der Waals surface area (Å²) in [6, 6.07) is 8.97. The van der Waals surface area contributed by atoms with E-state index in [1.165, 1.54) is 37.5 Å². The molecule has 2 N–H and O–H groups in total. The van der Waals surface area contributed by atoms with Crippen LogP contribution in [0.2, 0.25) is 0 Å². The van der Waals surface area contributed by atoms with Gasteiger partial charge in [-0.2, -0.15) is 0 Å². The number of aromatic carboxylic acids is 1. The quantitative estimate of drug-likeness (QED) is 0.579. The predicted molar refractivity (Wildman–Crippen MR) is 97.2 cm³/mol. The first-order chi connectivity index (χ1) is 12.3. The number of hydrogen-bond acceptors (Lipinski definition) is 5. The molecular weight excluding hydrogens is 336 g/mol. The zero-order valence-corrected chi connectivity index (χ0v) is 14.7. The average molecular weight is 356 g/mol. The maximum Gasteiger partial charge on any atom is 0.339 e. The fourth-order valence-corrected chi connectivity index (χ4v) is 2.27. The van der Waals surface area contributed by atoms with E-state index in [0.717, 1.165) is 0 Å². The summed E-state index contributed by atoms with van der Waals surface area (Å²) >= 11 is 0. The van der Waals surface area contributed by atoms with Crippen LogP contribution in [0, 0.1) is 0 Å². The molecule has 0 aliphatic rings. The molecule has 0 radical (unpaired) electrons. The number of carboxylic acid groups (broad SMARTS) is 1. The molecule has 0 bridgehead atoms. The molecule has 0 aromatic heterocycles. The van der Waals surface area contributed by atoms with Crippen molar-refractivity contribution in [2.75, 3.05) is 7.11 Å². The number of carboxylic acids is 1. The number of rotatable bonds is 7. The van der Waals surface area contributed by atoms with Crippen LogP contribution >= 0.6 is 0 Å². The van der Waals surface area contributed by atoms with Gasteiger partial charge < -0.3 is 19.7 Å². The van der Waals surface area contributed by atoms with Crippen LogP contribution in [0.1, 0.15) is 40.1 Å². The molecule has 0 aliphatic heterocycles. The van der Waals surface area contributed by atoms with Crippen molar-refractivity contribution < 1.29 is 29.3 Å². The molecule has 0 saturated carbocycles. The van der Waals surface area contributed by atoms with E-state index >= 15 is 0 Å². The molecule has 0 aliphatic carbocycles. The summed E-state index contributed by atoms with van der Waals surface area (Å²) in [5.41, 5.74) is 0.673. The van der Waals surface area contributed by atoms with Crippen molar-refractivity contribution in [3.05, 3.63) is 59.2 Å². The Kier molecular flexibility index (Phi) is 6.01. The van der Waals surface area contributed by atoms with Crippen molar-refractivity contribution in [1.29, 1.82) is 0 Å². The summed E-state index contributed by atoms with van der Waals surface area (Å²) in [4.78, 5) is 23.4. The van der Waals surface area contributed by atoms with Gasteiger partial charge in [0.05, 0.1) is 13.2 Å². The highest BCUT2D eigenvalue weighted by molar-refractivity contribution is 6.07. The summed E-state index contributed by atoms with van der Waals surface area (Å²) in [5, 5.41) is 18.5. The van der Waals surface area contributed by atoms with Crippen LogP contribution in [0.25, 0.3) is 6.08 Å². The smallest absolute Gasteiger partial charge is 0.339 e. The molecule has 0 saturated heterocycles. The van der Waals surface area contributed by atoms with Gasteiger partial charge in [-0.05, 0) is 55.8 Å². The highest BCUT2D eigenvalue weighted by Crippen LogP contribution is 2.29. The summed E-state index contributed by atoms with van der Waals surface area (Å²) in [7, 11) is 1.52. The fourth-order valence-electron chi connectivity index (χ4n) is 2.27. The van der Waals surface area contributed by atoms with Crippen molar-refractivity contribution in [1.82, 2.24) is 0 Å². The van der Waals surface area contributed by atoms with Crippen LogP contribution in [-0.2, 0) is 0 Å². The molecule has 6 heteroatoms. The Balaban J connectivity index is 2.25. The number of ether oxygens (including phenoxy) is 2. The van der Waals surface area contributed by atoms with Crippen LogP contribution in [0.4, 0.5) is 0 Å². The lowest BCUT2D eigenvalue weighted by atomic mass is 10.1. The first-order valence-electron chi connectivity index (χ1n) is 7.95. The Hall–Kier alpha value is -3.28. The van der Waals surface area contributed by atoms with Gasteiger partial charge in [-0.1, -0.05) is 12.1 Å². The molecule has 0 fully saturated rings.